The van der Waals surface area contributed by atoms with Crippen LogP contribution < -0.4 is 4.90 Å². The molecule has 3 rings (SSSR count). The minimum Gasteiger partial charge on any atom is -0.376 e. The average Bonchev–Trinajstić information content (AvgIpc) is 3.04. The Morgan fingerprint density at radius 2 is 2.24 bits per heavy atom. The summed E-state index contributed by atoms with van der Waals surface area (Å²) < 4.78 is 5.79. The summed E-state index contributed by atoms with van der Waals surface area (Å²) >= 11 is 3.61. The van der Waals surface area contributed by atoms with Gasteiger partial charge in [0.15, 0.2) is 0 Å². The molecule has 0 radical (unpaired) electrons. The number of halogens is 1. The molecule has 1 atom stereocenters. The molecule has 2 heterocycles. The van der Waals surface area contributed by atoms with E-state index in [-0.39, 0.29) is 0 Å². The number of pyridine rings is 1. The summed E-state index contributed by atoms with van der Waals surface area (Å²) in [6.45, 7) is 4.97. The average molecular weight is 349 g/mol. The van der Waals surface area contributed by atoms with Crippen LogP contribution in [0.2, 0.25) is 0 Å². The molecule has 2 aromatic rings. The number of rotatable bonds is 5. The highest BCUT2D eigenvalue weighted by atomic mass is 79.9. The first-order valence-electron chi connectivity index (χ1n) is 7.63. The van der Waals surface area contributed by atoms with Crippen LogP contribution in [0.4, 0.5) is 5.82 Å². The quantitative estimate of drug-likeness (QED) is 0.759. The first-order valence-corrected chi connectivity index (χ1v) is 8.75. The van der Waals surface area contributed by atoms with Gasteiger partial charge in [0.25, 0.3) is 0 Å². The van der Waals surface area contributed by atoms with Gasteiger partial charge in [-0.15, -0.1) is 0 Å². The first kappa shape index (κ1) is 14.8. The van der Waals surface area contributed by atoms with Crippen LogP contribution >= 0.6 is 15.9 Å². The molecule has 0 aliphatic carbocycles. The van der Waals surface area contributed by atoms with E-state index in [2.05, 4.69) is 52.0 Å². The van der Waals surface area contributed by atoms with Crippen molar-refractivity contribution in [1.29, 1.82) is 0 Å². The lowest BCUT2D eigenvalue weighted by Gasteiger charge is -2.27. The van der Waals surface area contributed by atoms with Crippen molar-refractivity contribution in [3.8, 4) is 0 Å². The lowest BCUT2D eigenvalue weighted by atomic mass is 10.1. The molecule has 21 heavy (non-hydrogen) atoms. The molecule has 1 saturated heterocycles. The van der Waals surface area contributed by atoms with E-state index in [1.807, 2.05) is 6.07 Å². The molecule has 0 amide bonds. The Kier molecular flexibility index (Phi) is 4.76. The minimum atomic E-state index is 0.349. The van der Waals surface area contributed by atoms with Crippen LogP contribution in [0.15, 0.2) is 30.3 Å². The van der Waals surface area contributed by atoms with E-state index < -0.39 is 0 Å². The Hall–Kier alpha value is -1.13. The van der Waals surface area contributed by atoms with Crippen LogP contribution in [-0.4, -0.2) is 30.8 Å². The smallest absolute Gasteiger partial charge is 0.133 e. The lowest BCUT2D eigenvalue weighted by molar-refractivity contribution is 0.115. The van der Waals surface area contributed by atoms with Crippen LogP contribution in [0.1, 0.15) is 25.3 Å². The fourth-order valence-electron chi connectivity index (χ4n) is 2.92. The Balaban J connectivity index is 1.95. The first-order chi connectivity index (χ1) is 10.3. The van der Waals surface area contributed by atoms with Gasteiger partial charge in [0.2, 0.25) is 0 Å². The number of fused-ring (bicyclic) bond motifs is 1. The second-order valence-corrected chi connectivity index (χ2v) is 6.03. The normalized spacial score (nSPS) is 18.3. The summed E-state index contributed by atoms with van der Waals surface area (Å²) in [6.07, 6.45) is 2.69. The van der Waals surface area contributed by atoms with Crippen molar-refractivity contribution in [2.45, 2.75) is 31.2 Å². The molecule has 112 valence electrons. The monoisotopic (exact) mass is 348 g/mol. The van der Waals surface area contributed by atoms with Gasteiger partial charge in [-0.25, -0.2) is 4.98 Å². The zero-order valence-corrected chi connectivity index (χ0v) is 14.0. The standard InChI is InChI=1S/C17H21BrN2O/c1-2-20(12-15-7-5-9-21-15)17-14(11-18)10-13-6-3-4-8-16(13)19-17/h3-4,6,8,10,15H,2,5,7,9,11-12H2,1H3. The highest BCUT2D eigenvalue weighted by Gasteiger charge is 2.21. The molecule has 1 aliphatic rings. The number of aromatic nitrogens is 1. The molecule has 1 fully saturated rings. The number of nitrogens with zero attached hydrogens (tertiary/aromatic N) is 2. The van der Waals surface area contributed by atoms with Crippen molar-refractivity contribution < 1.29 is 4.74 Å². The van der Waals surface area contributed by atoms with E-state index in [1.165, 1.54) is 17.4 Å². The van der Waals surface area contributed by atoms with E-state index in [9.17, 15) is 0 Å². The molecular formula is C17H21BrN2O. The van der Waals surface area contributed by atoms with Crippen LogP contribution in [-0.2, 0) is 10.1 Å². The molecule has 0 N–H and O–H groups in total. The number of alkyl halides is 1. The van der Waals surface area contributed by atoms with Crippen molar-refractivity contribution >= 4 is 32.7 Å². The summed E-state index contributed by atoms with van der Waals surface area (Å²) in [6, 6.07) is 10.5. The van der Waals surface area contributed by atoms with Gasteiger partial charge in [-0.1, -0.05) is 34.1 Å². The molecule has 0 spiro atoms. The Labute approximate surface area is 134 Å². The van der Waals surface area contributed by atoms with Gasteiger partial charge in [-0.2, -0.15) is 0 Å². The maximum absolute atomic E-state index is 5.79. The molecule has 1 aliphatic heterocycles. The maximum Gasteiger partial charge on any atom is 0.133 e. The van der Waals surface area contributed by atoms with Crippen LogP contribution in [0.25, 0.3) is 10.9 Å². The van der Waals surface area contributed by atoms with Gasteiger partial charge in [-0.3, -0.25) is 0 Å². The third-order valence-corrected chi connectivity index (χ3v) is 4.66. The van der Waals surface area contributed by atoms with Crippen LogP contribution in [0.5, 0.6) is 0 Å². The molecule has 0 saturated carbocycles. The van der Waals surface area contributed by atoms with Crippen molar-refractivity contribution in [2.24, 2.45) is 0 Å². The summed E-state index contributed by atoms with van der Waals surface area (Å²) in [5.41, 5.74) is 2.30. The molecular weight excluding hydrogens is 328 g/mol. The number of likely N-dealkylation sites (N-methyl/N-ethyl adjacent to an activating group) is 1. The molecule has 1 unspecified atom stereocenters. The SMILES string of the molecule is CCN(CC1CCCO1)c1nc2ccccc2cc1CBr. The molecule has 1 aromatic heterocycles. The summed E-state index contributed by atoms with van der Waals surface area (Å²) in [4.78, 5) is 7.25. The van der Waals surface area contributed by atoms with E-state index >= 15 is 0 Å². The molecule has 0 bridgehead atoms. The van der Waals surface area contributed by atoms with E-state index in [1.54, 1.807) is 0 Å². The zero-order chi connectivity index (χ0) is 14.7. The summed E-state index contributed by atoms with van der Waals surface area (Å²) in [5, 5.41) is 2.02. The van der Waals surface area contributed by atoms with E-state index in [0.29, 0.717) is 6.10 Å². The Morgan fingerprint density at radius 3 is 2.95 bits per heavy atom. The summed E-state index contributed by atoms with van der Waals surface area (Å²) in [7, 11) is 0. The van der Waals surface area contributed by atoms with Gasteiger partial charge in [-0.05, 0) is 31.9 Å². The maximum atomic E-state index is 5.79. The van der Waals surface area contributed by atoms with Gasteiger partial charge < -0.3 is 9.64 Å². The third kappa shape index (κ3) is 3.22. The molecule has 1 aromatic carbocycles. The Morgan fingerprint density at radius 1 is 1.38 bits per heavy atom. The second-order valence-electron chi connectivity index (χ2n) is 5.47. The predicted molar refractivity (Wildman–Crippen MR) is 91.2 cm³/mol. The number of hydrogen-bond acceptors (Lipinski definition) is 3. The number of para-hydroxylation sites is 1. The van der Waals surface area contributed by atoms with Crippen molar-refractivity contribution in [3.05, 3.63) is 35.9 Å². The Bertz CT molecular complexity index is 611. The number of hydrogen-bond donors (Lipinski definition) is 0. The van der Waals surface area contributed by atoms with Crippen LogP contribution in [0, 0.1) is 0 Å². The van der Waals surface area contributed by atoms with Crippen molar-refractivity contribution in [1.82, 2.24) is 4.98 Å². The highest BCUT2D eigenvalue weighted by molar-refractivity contribution is 9.08. The number of benzene rings is 1. The topological polar surface area (TPSA) is 25.4 Å². The van der Waals surface area contributed by atoms with Crippen LogP contribution in [0.3, 0.4) is 0 Å². The number of ether oxygens (including phenoxy) is 1. The molecule has 4 heteroatoms. The van der Waals surface area contributed by atoms with Gasteiger partial charge in [0.05, 0.1) is 11.6 Å². The van der Waals surface area contributed by atoms with Gasteiger partial charge in [0, 0.05) is 36.0 Å². The van der Waals surface area contributed by atoms with E-state index in [4.69, 9.17) is 9.72 Å². The van der Waals surface area contributed by atoms with Gasteiger partial charge >= 0.3 is 0 Å². The zero-order valence-electron chi connectivity index (χ0n) is 12.4. The number of anilines is 1. The highest BCUT2D eigenvalue weighted by Crippen LogP contribution is 2.26. The van der Waals surface area contributed by atoms with Crippen molar-refractivity contribution in [3.63, 3.8) is 0 Å². The largest absolute Gasteiger partial charge is 0.376 e. The third-order valence-electron chi connectivity index (χ3n) is 4.05. The second kappa shape index (κ2) is 6.75. The lowest BCUT2D eigenvalue weighted by Crippen LogP contribution is -2.33. The fraction of sp³-hybridized carbons (Fsp3) is 0.471. The summed E-state index contributed by atoms with van der Waals surface area (Å²) in [5.74, 6) is 1.09. The minimum absolute atomic E-state index is 0.349. The van der Waals surface area contributed by atoms with E-state index in [0.717, 1.165) is 42.8 Å². The fourth-order valence-corrected chi connectivity index (χ4v) is 3.33. The predicted octanol–water partition coefficient (Wildman–Crippen LogP) is 4.14. The van der Waals surface area contributed by atoms with Crippen molar-refractivity contribution in [2.75, 3.05) is 24.6 Å². The molecule has 3 nitrogen and oxygen atoms in total. The van der Waals surface area contributed by atoms with Gasteiger partial charge in [0.1, 0.15) is 5.82 Å².